The van der Waals surface area contributed by atoms with Gasteiger partial charge in [-0.1, -0.05) is 13.3 Å². The number of nitrogens with one attached hydrogen (secondary N) is 1. The number of carbonyl (C=O) groups is 2. The quantitative estimate of drug-likeness (QED) is 0.251. The molecule has 0 spiro atoms. The molecule has 0 aliphatic rings. The lowest BCUT2D eigenvalue weighted by atomic mass is 10.2. The summed E-state index contributed by atoms with van der Waals surface area (Å²) >= 11 is 0. The van der Waals surface area contributed by atoms with Crippen LogP contribution < -0.4 is 19.5 Å². The van der Waals surface area contributed by atoms with Crippen molar-refractivity contribution in [3.8, 4) is 17.2 Å². The fraction of sp³-hybridized carbons (Fsp3) is 0.231. The van der Waals surface area contributed by atoms with Crippen molar-refractivity contribution in [2.45, 2.75) is 26.7 Å². The number of unbranched alkanes of at least 4 members (excludes halogenated alkanes) is 1. The van der Waals surface area contributed by atoms with E-state index in [0.717, 1.165) is 18.6 Å². The first-order valence-electron chi connectivity index (χ1n) is 10.7. The first-order valence-corrected chi connectivity index (χ1v) is 10.7. The maximum absolute atomic E-state index is 12.5. The molecule has 0 unspecified atom stereocenters. The van der Waals surface area contributed by atoms with Crippen LogP contribution in [0.2, 0.25) is 0 Å². The van der Waals surface area contributed by atoms with Crippen LogP contribution >= 0.6 is 0 Å². The van der Waals surface area contributed by atoms with Gasteiger partial charge < -0.3 is 19.5 Å². The number of hydrogen-bond acceptors (Lipinski definition) is 5. The Labute approximate surface area is 188 Å². The normalized spacial score (nSPS) is 10.3. The summed E-state index contributed by atoms with van der Waals surface area (Å²) < 4.78 is 16.4. The monoisotopic (exact) mass is 433 g/mol. The molecule has 3 aromatic carbocycles. The lowest BCUT2D eigenvalue weighted by Gasteiger charge is -2.09. The van der Waals surface area contributed by atoms with Crippen molar-refractivity contribution < 1.29 is 23.8 Å². The van der Waals surface area contributed by atoms with E-state index in [1.165, 1.54) is 0 Å². The van der Waals surface area contributed by atoms with Crippen molar-refractivity contribution >= 4 is 17.6 Å². The number of hydrogen-bond donors (Lipinski definition) is 1. The Balaban J connectivity index is 1.54. The minimum Gasteiger partial charge on any atom is -0.494 e. The summed E-state index contributed by atoms with van der Waals surface area (Å²) in [7, 11) is 0. The highest BCUT2D eigenvalue weighted by Crippen LogP contribution is 2.19. The van der Waals surface area contributed by atoms with Gasteiger partial charge in [-0.25, -0.2) is 4.79 Å². The van der Waals surface area contributed by atoms with E-state index in [2.05, 4.69) is 12.2 Å². The molecule has 0 atom stereocenters. The molecule has 0 fully saturated rings. The van der Waals surface area contributed by atoms with E-state index < -0.39 is 5.97 Å². The summed E-state index contributed by atoms with van der Waals surface area (Å²) in [5.74, 6) is 1.09. The molecule has 3 aromatic rings. The molecule has 0 aliphatic carbocycles. The molecule has 1 N–H and O–H groups in total. The molecule has 1 amide bonds. The maximum atomic E-state index is 12.5. The smallest absolute Gasteiger partial charge is 0.343 e. The Bertz CT molecular complexity index is 1010. The van der Waals surface area contributed by atoms with Gasteiger partial charge in [-0.15, -0.1) is 0 Å². The summed E-state index contributed by atoms with van der Waals surface area (Å²) in [6.45, 7) is 5.24. The van der Waals surface area contributed by atoms with Crippen molar-refractivity contribution in [2.24, 2.45) is 0 Å². The minimum absolute atomic E-state index is 0.256. The highest BCUT2D eigenvalue weighted by atomic mass is 16.5. The van der Waals surface area contributed by atoms with Gasteiger partial charge in [0.15, 0.2) is 0 Å². The van der Waals surface area contributed by atoms with Gasteiger partial charge in [0.25, 0.3) is 5.91 Å². The molecular formula is C26H27NO5. The van der Waals surface area contributed by atoms with Crippen LogP contribution in [0.1, 0.15) is 47.4 Å². The van der Waals surface area contributed by atoms with Gasteiger partial charge in [0.2, 0.25) is 0 Å². The molecule has 0 saturated carbocycles. The fourth-order valence-corrected chi connectivity index (χ4v) is 2.87. The van der Waals surface area contributed by atoms with Crippen LogP contribution in [0, 0.1) is 0 Å². The van der Waals surface area contributed by atoms with Crippen molar-refractivity contribution in [1.82, 2.24) is 0 Å². The van der Waals surface area contributed by atoms with Crippen LogP contribution in [0.5, 0.6) is 17.2 Å². The first-order chi connectivity index (χ1) is 15.6. The molecule has 0 bridgehead atoms. The highest BCUT2D eigenvalue weighted by Gasteiger charge is 2.11. The third-order valence-corrected chi connectivity index (χ3v) is 4.61. The van der Waals surface area contributed by atoms with Crippen molar-refractivity contribution in [3.05, 3.63) is 83.9 Å². The molecule has 32 heavy (non-hydrogen) atoms. The van der Waals surface area contributed by atoms with E-state index in [0.29, 0.717) is 41.5 Å². The van der Waals surface area contributed by atoms with Gasteiger partial charge in [0, 0.05) is 11.3 Å². The minimum atomic E-state index is -0.480. The SMILES string of the molecule is CCCCOc1ccc(NC(=O)c2ccc(OC(=O)c3ccc(OCC)cc3)cc2)cc1. The topological polar surface area (TPSA) is 73.9 Å². The second-order valence-corrected chi connectivity index (χ2v) is 7.05. The molecule has 0 saturated heterocycles. The Morgan fingerprint density at radius 1 is 0.719 bits per heavy atom. The van der Waals surface area contributed by atoms with Gasteiger partial charge in [-0.3, -0.25) is 4.79 Å². The second-order valence-electron chi connectivity index (χ2n) is 7.05. The summed E-state index contributed by atoms with van der Waals surface area (Å²) in [5.41, 5.74) is 1.54. The second kappa shape index (κ2) is 11.6. The van der Waals surface area contributed by atoms with Crippen LogP contribution in [0.25, 0.3) is 0 Å². The van der Waals surface area contributed by atoms with E-state index in [1.54, 1.807) is 60.7 Å². The van der Waals surface area contributed by atoms with Gasteiger partial charge >= 0.3 is 5.97 Å². The molecule has 6 nitrogen and oxygen atoms in total. The highest BCUT2D eigenvalue weighted by molar-refractivity contribution is 6.04. The van der Waals surface area contributed by atoms with Gasteiger partial charge in [-0.05, 0) is 86.1 Å². The van der Waals surface area contributed by atoms with Crippen LogP contribution in [0.15, 0.2) is 72.8 Å². The zero-order valence-corrected chi connectivity index (χ0v) is 18.3. The van der Waals surface area contributed by atoms with Crippen LogP contribution in [0.4, 0.5) is 5.69 Å². The van der Waals surface area contributed by atoms with E-state index in [-0.39, 0.29) is 5.91 Å². The van der Waals surface area contributed by atoms with Crippen molar-refractivity contribution in [1.29, 1.82) is 0 Å². The summed E-state index contributed by atoms with van der Waals surface area (Å²) in [5, 5.41) is 2.84. The van der Waals surface area contributed by atoms with E-state index >= 15 is 0 Å². The lowest BCUT2D eigenvalue weighted by molar-refractivity contribution is 0.0734. The number of esters is 1. The molecule has 0 heterocycles. The Morgan fingerprint density at radius 3 is 1.91 bits per heavy atom. The standard InChI is InChI=1S/C26H27NO5/c1-3-5-18-31-23-16-10-21(11-17-23)27-25(28)19-6-14-24(15-7-19)32-26(29)20-8-12-22(13-9-20)30-4-2/h6-17H,3-5,18H2,1-2H3,(H,27,28). The summed E-state index contributed by atoms with van der Waals surface area (Å²) in [6.07, 6.45) is 2.08. The molecule has 6 heteroatoms. The van der Waals surface area contributed by atoms with Crippen molar-refractivity contribution in [2.75, 3.05) is 18.5 Å². The molecule has 0 radical (unpaired) electrons. The van der Waals surface area contributed by atoms with E-state index in [4.69, 9.17) is 14.2 Å². The first kappa shape index (κ1) is 22.9. The maximum Gasteiger partial charge on any atom is 0.343 e. The zero-order chi connectivity index (χ0) is 22.8. The van der Waals surface area contributed by atoms with Crippen molar-refractivity contribution in [3.63, 3.8) is 0 Å². The predicted molar refractivity (Wildman–Crippen MR) is 124 cm³/mol. The number of carbonyl (C=O) groups excluding carboxylic acids is 2. The van der Waals surface area contributed by atoms with Crippen LogP contribution in [-0.4, -0.2) is 25.1 Å². The number of benzene rings is 3. The Hall–Kier alpha value is -3.80. The molecule has 0 aliphatic heterocycles. The van der Waals surface area contributed by atoms with Gasteiger partial charge in [-0.2, -0.15) is 0 Å². The van der Waals surface area contributed by atoms with Gasteiger partial charge in [0.05, 0.1) is 18.8 Å². The van der Waals surface area contributed by atoms with Crippen LogP contribution in [0.3, 0.4) is 0 Å². The Kier molecular flexibility index (Phi) is 8.26. The van der Waals surface area contributed by atoms with E-state index in [9.17, 15) is 9.59 Å². The van der Waals surface area contributed by atoms with Gasteiger partial charge in [0.1, 0.15) is 17.2 Å². The number of rotatable bonds is 10. The third kappa shape index (κ3) is 6.60. The zero-order valence-electron chi connectivity index (χ0n) is 18.3. The molecule has 0 aromatic heterocycles. The summed E-state index contributed by atoms with van der Waals surface area (Å²) in [6, 6.07) is 20.4. The third-order valence-electron chi connectivity index (χ3n) is 4.61. The summed E-state index contributed by atoms with van der Waals surface area (Å²) in [4.78, 5) is 24.8. The Morgan fingerprint density at radius 2 is 1.28 bits per heavy atom. The largest absolute Gasteiger partial charge is 0.494 e. The average Bonchev–Trinajstić information content (AvgIpc) is 2.81. The van der Waals surface area contributed by atoms with E-state index in [1.807, 2.05) is 19.1 Å². The predicted octanol–water partition coefficient (Wildman–Crippen LogP) is 5.74. The molecule has 3 rings (SSSR count). The van der Waals surface area contributed by atoms with Crippen LogP contribution in [-0.2, 0) is 0 Å². The lowest BCUT2D eigenvalue weighted by Crippen LogP contribution is -2.12. The molecular weight excluding hydrogens is 406 g/mol. The number of ether oxygens (including phenoxy) is 3. The fourth-order valence-electron chi connectivity index (χ4n) is 2.87. The number of anilines is 1. The number of amides is 1. The molecule has 166 valence electrons. The average molecular weight is 434 g/mol.